The van der Waals surface area contributed by atoms with Gasteiger partial charge in [-0.25, -0.2) is 0 Å². The van der Waals surface area contributed by atoms with Gasteiger partial charge in [-0.1, -0.05) is 12.2 Å². The van der Waals surface area contributed by atoms with Crippen molar-refractivity contribution in [1.29, 1.82) is 0 Å². The SMILES string of the molecule is COC1CCCC1NCC1C=CC(N)C1. The molecule has 0 bridgehead atoms. The first kappa shape index (κ1) is 11.1. The third-order valence-electron chi connectivity index (χ3n) is 3.60. The lowest BCUT2D eigenvalue weighted by Crippen LogP contribution is -2.39. The normalized spacial score (nSPS) is 40.1. The highest BCUT2D eigenvalue weighted by Gasteiger charge is 2.27. The third kappa shape index (κ3) is 2.80. The largest absolute Gasteiger partial charge is 0.380 e. The van der Waals surface area contributed by atoms with Crippen molar-refractivity contribution in [3.05, 3.63) is 12.2 Å². The van der Waals surface area contributed by atoms with Crippen molar-refractivity contribution in [1.82, 2.24) is 5.32 Å². The summed E-state index contributed by atoms with van der Waals surface area (Å²) in [5, 5.41) is 3.61. The first-order valence-electron chi connectivity index (χ1n) is 5.99. The molecule has 2 rings (SSSR count). The van der Waals surface area contributed by atoms with Crippen LogP contribution in [0.15, 0.2) is 12.2 Å². The van der Waals surface area contributed by atoms with E-state index in [1.165, 1.54) is 19.3 Å². The smallest absolute Gasteiger partial charge is 0.0724 e. The molecule has 0 saturated heterocycles. The first-order chi connectivity index (χ1) is 7.29. The van der Waals surface area contributed by atoms with Gasteiger partial charge >= 0.3 is 0 Å². The van der Waals surface area contributed by atoms with Gasteiger partial charge in [-0.15, -0.1) is 0 Å². The van der Waals surface area contributed by atoms with Crippen LogP contribution in [0.25, 0.3) is 0 Å². The molecule has 0 aromatic carbocycles. The number of hydrogen-bond acceptors (Lipinski definition) is 3. The molecule has 4 unspecified atom stereocenters. The zero-order chi connectivity index (χ0) is 10.7. The van der Waals surface area contributed by atoms with Crippen molar-refractivity contribution in [2.45, 2.75) is 43.9 Å². The van der Waals surface area contributed by atoms with Gasteiger partial charge < -0.3 is 15.8 Å². The fourth-order valence-electron chi connectivity index (χ4n) is 2.70. The highest BCUT2D eigenvalue weighted by molar-refractivity contribution is 5.05. The Morgan fingerprint density at radius 2 is 2.27 bits per heavy atom. The molecular formula is C12H22N2O. The fraction of sp³-hybridized carbons (Fsp3) is 0.833. The highest BCUT2D eigenvalue weighted by Crippen LogP contribution is 2.22. The zero-order valence-corrected chi connectivity index (χ0v) is 9.49. The monoisotopic (exact) mass is 210 g/mol. The highest BCUT2D eigenvalue weighted by atomic mass is 16.5. The van der Waals surface area contributed by atoms with E-state index in [-0.39, 0.29) is 6.04 Å². The molecule has 0 aromatic heterocycles. The molecular weight excluding hydrogens is 188 g/mol. The summed E-state index contributed by atoms with van der Waals surface area (Å²) in [6, 6.07) is 0.832. The van der Waals surface area contributed by atoms with Crippen LogP contribution in [-0.4, -0.2) is 31.8 Å². The number of rotatable bonds is 4. The van der Waals surface area contributed by atoms with Crippen molar-refractivity contribution in [3.8, 4) is 0 Å². The Balaban J connectivity index is 1.71. The van der Waals surface area contributed by atoms with Crippen molar-refractivity contribution >= 4 is 0 Å². The van der Waals surface area contributed by atoms with Crippen LogP contribution in [0.3, 0.4) is 0 Å². The lowest BCUT2D eigenvalue weighted by Gasteiger charge is -2.21. The average Bonchev–Trinajstić information content (AvgIpc) is 2.83. The van der Waals surface area contributed by atoms with Crippen LogP contribution in [0.5, 0.6) is 0 Å². The van der Waals surface area contributed by atoms with Crippen molar-refractivity contribution < 1.29 is 4.74 Å². The van der Waals surface area contributed by atoms with Gasteiger partial charge in [0.2, 0.25) is 0 Å². The molecule has 0 radical (unpaired) electrons. The van der Waals surface area contributed by atoms with Crippen LogP contribution < -0.4 is 11.1 Å². The summed E-state index contributed by atoms with van der Waals surface area (Å²) in [7, 11) is 1.82. The standard InChI is InChI=1S/C12H22N2O/c1-15-12-4-2-3-11(12)14-8-9-5-6-10(13)7-9/h5-6,9-12,14H,2-4,7-8,13H2,1H3. The molecule has 0 aliphatic heterocycles. The molecule has 3 heteroatoms. The quantitative estimate of drug-likeness (QED) is 0.682. The summed E-state index contributed by atoms with van der Waals surface area (Å²) in [4.78, 5) is 0. The molecule has 4 atom stereocenters. The minimum atomic E-state index is 0.276. The molecule has 0 heterocycles. The minimum absolute atomic E-state index is 0.276. The number of nitrogens with one attached hydrogen (secondary N) is 1. The molecule has 3 nitrogen and oxygen atoms in total. The molecule has 2 aliphatic rings. The van der Waals surface area contributed by atoms with Gasteiger partial charge in [-0.3, -0.25) is 0 Å². The van der Waals surface area contributed by atoms with E-state index in [0.717, 1.165) is 13.0 Å². The van der Waals surface area contributed by atoms with Crippen molar-refractivity contribution in [3.63, 3.8) is 0 Å². The molecule has 1 saturated carbocycles. The predicted octanol–water partition coefficient (Wildman–Crippen LogP) is 1.05. The summed E-state index contributed by atoms with van der Waals surface area (Å²) in [5.74, 6) is 0.623. The number of ether oxygens (including phenoxy) is 1. The van der Waals surface area contributed by atoms with Gasteiger partial charge in [0.15, 0.2) is 0 Å². The Morgan fingerprint density at radius 3 is 2.93 bits per heavy atom. The van der Waals surface area contributed by atoms with Gasteiger partial charge in [0.1, 0.15) is 0 Å². The number of hydrogen-bond donors (Lipinski definition) is 2. The van der Waals surface area contributed by atoms with Crippen LogP contribution in [0.4, 0.5) is 0 Å². The van der Waals surface area contributed by atoms with Gasteiger partial charge in [-0.2, -0.15) is 0 Å². The molecule has 15 heavy (non-hydrogen) atoms. The Morgan fingerprint density at radius 1 is 1.40 bits per heavy atom. The lowest BCUT2D eigenvalue weighted by atomic mass is 10.1. The molecule has 0 spiro atoms. The maximum Gasteiger partial charge on any atom is 0.0724 e. The van der Waals surface area contributed by atoms with Crippen LogP contribution in [-0.2, 0) is 4.74 Å². The lowest BCUT2D eigenvalue weighted by molar-refractivity contribution is 0.0844. The maximum atomic E-state index is 5.82. The second-order valence-electron chi connectivity index (χ2n) is 4.76. The Labute approximate surface area is 92.1 Å². The van der Waals surface area contributed by atoms with Gasteiger partial charge in [-0.05, 0) is 31.6 Å². The van der Waals surface area contributed by atoms with Crippen LogP contribution in [0, 0.1) is 5.92 Å². The Bertz CT molecular complexity index is 230. The van der Waals surface area contributed by atoms with Crippen molar-refractivity contribution in [2.24, 2.45) is 11.7 Å². The summed E-state index contributed by atoms with van der Waals surface area (Å²) < 4.78 is 5.45. The van der Waals surface area contributed by atoms with E-state index in [1.807, 2.05) is 7.11 Å². The van der Waals surface area contributed by atoms with Crippen LogP contribution in [0.2, 0.25) is 0 Å². The molecule has 1 fully saturated rings. The second-order valence-corrected chi connectivity index (χ2v) is 4.76. The predicted molar refractivity (Wildman–Crippen MR) is 61.7 cm³/mol. The molecule has 2 aliphatic carbocycles. The second kappa shape index (κ2) is 5.10. The minimum Gasteiger partial charge on any atom is -0.380 e. The summed E-state index contributed by atoms with van der Waals surface area (Å²) >= 11 is 0. The van der Waals surface area contributed by atoms with E-state index in [2.05, 4.69) is 17.5 Å². The van der Waals surface area contributed by atoms with Gasteiger partial charge in [0, 0.05) is 25.7 Å². The first-order valence-corrected chi connectivity index (χ1v) is 5.99. The van der Waals surface area contributed by atoms with E-state index < -0.39 is 0 Å². The van der Waals surface area contributed by atoms with Crippen molar-refractivity contribution in [2.75, 3.05) is 13.7 Å². The van der Waals surface area contributed by atoms with Gasteiger partial charge in [0.25, 0.3) is 0 Å². The fourth-order valence-corrected chi connectivity index (χ4v) is 2.70. The summed E-state index contributed by atoms with van der Waals surface area (Å²) in [6.07, 6.45) is 9.62. The van der Waals surface area contributed by atoms with E-state index in [1.54, 1.807) is 0 Å². The number of nitrogens with two attached hydrogens (primary N) is 1. The topological polar surface area (TPSA) is 47.3 Å². The van der Waals surface area contributed by atoms with E-state index in [0.29, 0.717) is 18.1 Å². The third-order valence-corrected chi connectivity index (χ3v) is 3.60. The zero-order valence-electron chi connectivity index (χ0n) is 9.49. The molecule has 0 aromatic rings. The summed E-state index contributed by atoms with van der Waals surface area (Å²) in [6.45, 7) is 1.05. The van der Waals surface area contributed by atoms with E-state index >= 15 is 0 Å². The average molecular weight is 210 g/mol. The number of methoxy groups -OCH3 is 1. The Hall–Kier alpha value is -0.380. The molecule has 3 N–H and O–H groups in total. The summed E-state index contributed by atoms with van der Waals surface area (Å²) in [5.41, 5.74) is 5.82. The molecule has 0 amide bonds. The van der Waals surface area contributed by atoms with Gasteiger partial charge in [0.05, 0.1) is 6.10 Å². The molecule has 86 valence electrons. The van der Waals surface area contributed by atoms with E-state index in [4.69, 9.17) is 10.5 Å². The van der Waals surface area contributed by atoms with E-state index in [9.17, 15) is 0 Å². The maximum absolute atomic E-state index is 5.82. The van der Waals surface area contributed by atoms with Crippen LogP contribution >= 0.6 is 0 Å². The van der Waals surface area contributed by atoms with Crippen LogP contribution in [0.1, 0.15) is 25.7 Å². The Kier molecular flexibility index (Phi) is 3.78.